The fourth-order valence-electron chi connectivity index (χ4n) is 4.72. The number of anilines is 1. The molecule has 0 amide bonds. The zero-order valence-electron chi connectivity index (χ0n) is 16.8. The van der Waals surface area contributed by atoms with Gasteiger partial charge < -0.3 is 4.90 Å². The highest BCUT2D eigenvalue weighted by Gasteiger charge is 2.51. The first-order valence-electron chi connectivity index (χ1n) is 10.3. The maximum atomic E-state index is 6.52. The molecule has 148 valence electrons. The Morgan fingerprint density at radius 1 is 0.900 bits per heavy atom. The van der Waals surface area contributed by atoms with Crippen LogP contribution in [0.4, 0.5) is 5.69 Å². The van der Waals surface area contributed by atoms with Crippen molar-refractivity contribution in [1.29, 1.82) is 0 Å². The second kappa shape index (κ2) is 6.41. The lowest BCUT2D eigenvalue weighted by molar-refractivity contribution is 0.315. The fourth-order valence-corrected chi connectivity index (χ4v) is 4.96. The first kappa shape index (κ1) is 17.7. The zero-order valence-corrected chi connectivity index (χ0v) is 17.5. The molecule has 4 heteroatoms. The van der Waals surface area contributed by atoms with Gasteiger partial charge in [-0.15, -0.1) is 0 Å². The normalized spacial score (nSPS) is 18.2. The molecule has 0 unspecified atom stereocenters. The molecule has 0 saturated heterocycles. The number of hydrogen-bond acceptors (Lipinski definition) is 3. The topological polar surface area (TPSA) is 18.5 Å². The molecular weight excluding hydrogens is 390 g/mol. The zero-order chi connectivity index (χ0) is 20.3. The van der Waals surface area contributed by atoms with Gasteiger partial charge >= 0.3 is 0 Å². The number of allylic oxidation sites excluding steroid dienone is 1. The van der Waals surface area contributed by atoms with Crippen LogP contribution in [0.15, 0.2) is 90.8 Å². The third-order valence-corrected chi connectivity index (χ3v) is 6.85. The van der Waals surface area contributed by atoms with Crippen LogP contribution in [0.5, 0.6) is 0 Å². The molecule has 1 spiro atoms. The minimum Gasteiger partial charge on any atom is -0.369 e. The highest BCUT2D eigenvalue weighted by molar-refractivity contribution is 6.33. The molecule has 0 aromatic heterocycles. The Bertz CT molecular complexity index is 1210. The predicted octanol–water partition coefficient (Wildman–Crippen LogP) is 6.15. The van der Waals surface area contributed by atoms with Crippen LogP contribution in [0.25, 0.3) is 16.8 Å². The third-order valence-electron chi connectivity index (χ3n) is 6.52. The average molecular weight is 412 g/mol. The summed E-state index contributed by atoms with van der Waals surface area (Å²) in [5.41, 5.74) is 11.9. The molecule has 0 radical (unpaired) electrons. The molecule has 3 nitrogen and oxygen atoms in total. The average Bonchev–Trinajstić information content (AvgIpc) is 3.50. The Labute approximate surface area is 181 Å². The van der Waals surface area contributed by atoms with Gasteiger partial charge in [0.25, 0.3) is 0 Å². The standard InChI is InChI=1S/C26H22ClN3/c1-29-17-20-16-24(18-7-3-2-4-8-18)28-30(20)25-15-19(21-9-5-6-10-23(21)27)11-12-22(25)26(29)13-14-26/h2-12,15-17,28H,13-14H2,1H3. The summed E-state index contributed by atoms with van der Waals surface area (Å²) in [6.45, 7) is 0. The van der Waals surface area contributed by atoms with E-state index in [1.165, 1.54) is 29.7 Å². The first-order valence-corrected chi connectivity index (χ1v) is 10.7. The minimum atomic E-state index is 0.0914. The van der Waals surface area contributed by atoms with Crippen LogP contribution in [0.2, 0.25) is 5.02 Å². The molecule has 1 aliphatic carbocycles. The van der Waals surface area contributed by atoms with Gasteiger partial charge in [0.15, 0.2) is 0 Å². The van der Waals surface area contributed by atoms with Crippen molar-refractivity contribution < 1.29 is 0 Å². The van der Waals surface area contributed by atoms with Gasteiger partial charge in [-0.05, 0) is 42.2 Å². The van der Waals surface area contributed by atoms with Crippen LogP contribution < -0.4 is 10.4 Å². The van der Waals surface area contributed by atoms with E-state index in [0.29, 0.717) is 0 Å². The van der Waals surface area contributed by atoms with Gasteiger partial charge in [0.1, 0.15) is 0 Å². The van der Waals surface area contributed by atoms with Crippen LogP contribution in [0, 0.1) is 0 Å². The molecule has 1 N–H and O–H groups in total. The SMILES string of the molecule is CN1C=C2C=C(c3ccccc3)NN2c2cc(-c3ccccc3Cl)ccc2C12CC2. The number of hydrazine groups is 1. The molecule has 6 rings (SSSR count). The van der Waals surface area contributed by atoms with Gasteiger partial charge in [-0.1, -0.05) is 72.3 Å². The van der Waals surface area contributed by atoms with E-state index in [2.05, 4.69) is 83.2 Å². The van der Waals surface area contributed by atoms with Crippen LogP contribution >= 0.6 is 11.6 Å². The van der Waals surface area contributed by atoms with Crippen molar-refractivity contribution >= 4 is 23.0 Å². The predicted molar refractivity (Wildman–Crippen MR) is 124 cm³/mol. The summed E-state index contributed by atoms with van der Waals surface area (Å²) in [7, 11) is 2.20. The highest BCUT2D eigenvalue weighted by atomic mass is 35.5. The van der Waals surface area contributed by atoms with E-state index in [0.717, 1.165) is 27.5 Å². The maximum Gasteiger partial charge on any atom is 0.0810 e. The Kier molecular flexibility index (Phi) is 3.78. The van der Waals surface area contributed by atoms with Crippen molar-refractivity contribution in [1.82, 2.24) is 10.3 Å². The lowest BCUT2D eigenvalue weighted by Crippen LogP contribution is -2.31. The van der Waals surface area contributed by atoms with E-state index in [-0.39, 0.29) is 5.54 Å². The summed E-state index contributed by atoms with van der Waals surface area (Å²) < 4.78 is 0. The molecule has 3 aliphatic rings. The largest absolute Gasteiger partial charge is 0.369 e. The number of rotatable bonds is 2. The van der Waals surface area contributed by atoms with E-state index >= 15 is 0 Å². The quantitative estimate of drug-likeness (QED) is 0.545. The van der Waals surface area contributed by atoms with Crippen LogP contribution in [0.1, 0.15) is 24.0 Å². The van der Waals surface area contributed by atoms with Crippen molar-refractivity contribution in [3.8, 4) is 11.1 Å². The van der Waals surface area contributed by atoms with E-state index < -0.39 is 0 Å². The molecule has 2 heterocycles. The molecule has 0 atom stereocenters. The summed E-state index contributed by atoms with van der Waals surface area (Å²) >= 11 is 6.52. The Morgan fingerprint density at radius 3 is 2.43 bits per heavy atom. The van der Waals surface area contributed by atoms with Crippen LogP contribution in [-0.4, -0.2) is 11.9 Å². The van der Waals surface area contributed by atoms with Crippen molar-refractivity contribution in [2.75, 3.05) is 12.1 Å². The molecule has 0 bridgehead atoms. The first-order chi connectivity index (χ1) is 14.7. The molecule has 30 heavy (non-hydrogen) atoms. The van der Waals surface area contributed by atoms with Crippen molar-refractivity contribution in [3.05, 3.63) is 107 Å². The number of hydrogen-bond donors (Lipinski definition) is 1. The lowest BCUT2D eigenvalue weighted by atomic mass is 9.96. The van der Waals surface area contributed by atoms with Gasteiger partial charge in [0, 0.05) is 29.4 Å². The van der Waals surface area contributed by atoms with Gasteiger partial charge in [0.05, 0.1) is 22.6 Å². The summed E-state index contributed by atoms with van der Waals surface area (Å²) in [6.07, 6.45) is 6.86. The number of benzene rings is 3. The van der Waals surface area contributed by atoms with Crippen molar-refractivity contribution in [3.63, 3.8) is 0 Å². The monoisotopic (exact) mass is 411 g/mol. The summed E-state index contributed by atoms with van der Waals surface area (Å²) in [4.78, 5) is 2.39. The second-order valence-electron chi connectivity index (χ2n) is 8.28. The molecule has 3 aromatic carbocycles. The van der Waals surface area contributed by atoms with E-state index in [1.54, 1.807) is 0 Å². The Morgan fingerprint density at radius 2 is 1.67 bits per heavy atom. The fraction of sp³-hybridized carbons (Fsp3) is 0.154. The van der Waals surface area contributed by atoms with E-state index in [9.17, 15) is 0 Å². The third kappa shape index (κ3) is 2.59. The lowest BCUT2D eigenvalue weighted by Gasteiger charge is -2.28. The molecule has 3 aromatic rings. The minimum absolute atomic E-state index is 0.0914. The number of fused-ring (bicyclic) bond motifs is 4. The molecule has 2 aliphatic heterocycles. The number of halogens is 1. The maximum absolute atomic E-state index is 6.52. The molecule has 1 saturated carbocycles. The van der Waals surface area contributed by atoms with Gasteiger partial charge in [-0.25, -0.2) is 0 Å². The smallest absolute Gasteiger partial charge is 0.0810 e. The van der Waals surface area contributed by atoms with Crippen LogP contribution in [-0.2, 0) is 5.54 Å². The second-order valence-corrected chi connectivity index (χ2v) is 8.69. The summed E-state index contributed by atoms with van der Waals surface area (Å²) in [6, 6.07) is 25.3. The van der Waals surface area contributed by atoms with E-state index in [4.69, 9.17) is 11.6 Å². The Balaban J connectivity index is 1.50. The summed E-state index contributed by atoms with van der Waals surface area (Å²) in [5, 5.41) is 3.00. The number of nitrogens with one attached hydrogen (secondary N) is 1. The van der Waals surface area contributed by atoms with Crippen LogP contribution in [0.3, 0.4) is 0 Å². The van der Waals surface area contributed by atoms with Gasteiger partial charge in [-0.3, -0.25) is 10.4 Å². The molecule has 1 fully saturated rings. The molecular formula is C26H22ClN3. The van der Waals surface area contributed by atoms with Gasteiger partial charge in [0.2, 0.25) is 0 Å². The summed E-state index contributed by atoms with van der Waals surface area (Å²) in [5.74, 6) is 0. The highest BCUT2D eigenvalue weighted by Crippen LogP contribution is 2.56. The Hall–Kier alpha value is -3.17. The number of nitrogens with zero attached hydrogens (tertiary/aromatic N) is 2. The van der Waals surface area contributed by atoms with Crippen molar-refractivity contribution in [2.24, 2.45) is 0 Å². The van der Waals surface area contributed by atoms with Gasteiger partial charge in [-0.2, -0.15) is 0 Å². The van der Waals surface area contributed by atoms with E-state index in [1.807, 2.05) is 24.3 Å². The van der Waals surface area contributed by atoms with Crippen molar-refractivity contribution in [2.45, 2.75) is 18.4 Å².